The lowest BCUT2D eigenvalue weighted by molar-refractivity contribution is 0.179. The van der Waals surface area contributed by atoms with Gasteiger partial charge in [-0.15, -0.1) is 11.3 Å². The van der Waals surface area contributed by atoms with Crippen LogP contribution in [0.4, 0.5) is 0 Å². The Morgan fingerprint density at radius 1 is 1.38 bits per heavy atom. The third-order valence-electron chi connectivity index (χ3n) is 3.38. The molecule has 0 N–H and O–H groups in total. The first kappa shape index (κ1) is 11.6. The molecule has 0 aliphatic carbocycles. The lowest BCUT2D eigenvalue weighted by Crippen LogP contribution is -2.41. The summed E-state index contributed by atoms with van der Waals surface area (Å²) < 4.78 is 0. The molecule has 0 spiro atoms. The van der Waals surface area contributed by atoms with Gasteiger partial charge < -0.3 is 0 Å². The summed E-state index contributed by atoms with van der Waals surface area (Å²) in [5, 5.41) is 11.5. The summed E-state index contributed by atoms with van der Waals surface area (Å²) in [4.78, 5) is 3.69. The number of thiophene rings is 1. The molecule has 0 aromatic carbocycles. The number of nitriles is 1. The second-order valence-corrected chi connectivity index (χ2v) is 5.45. The average Bonchev–Trinajstić information content (AvgIpc) is 2.85. The van der Waals surface area contributed by atoms with E-state index in [0.717, 1.165) is 13.1 Å². The van der Waals surface area contributed by atoms with Crippen molar-refractivity contribution < 1.29 is 0 Å². The second kappa shape index (κ2) is 5.47. The highest BCUT2D eigenvalue weighted by Gasteiger charge is 2.26. The van der Waals surface area contributed by atoms with Gasteiger partial charge in [0.2, 0.25) is 0 Å². The fourth-order valence-electron chi connectivity index (χ4n) is 2.41. The van der Waals surface area contributed by atoms with Gasteiger partial charge in [0.1, 0.15) is 6.04 Å². The molecule has 3 heteroatoms. The van der Waals surface area contributed by atoms with Gasteiger partial charge in [-0.3, -0.25) is 4.90 Å². The molecule has 0 saturated carbocycles. The van der Waals surface area contributed by atoms with E-state index in [4.69, 9.17) is 0 Å². The van der Waals surface area contributed by atoms with E-state index in [1.807, 2.05) is 0 Å². The number of hydrogen-bond acceptors (Lipinski definition) is 3. The normalized spacial score (nSPS) is 21.2. The zero-order valence-corrected chi connectivity index (χ0v) is 10.5. The topological polar surface area (TPSA) is 27.0 Å². The summed E-state index contributed by atoms with van der Waals surface area (Å²) in [6.45, 7) is 4.36. The molecular weight excluding hydrogens is 216 g/mol. The van der Waals surface area contributed by atoms with Crippen molar-refractivity contribution in [3.63, 3.8) is 0 Å². The van der Waals surface area contributed by atoms with E-state index in [2.05, 4.69) is 35.4 Å². The molecule has 2 heterocycles. The van der Waals surface area contributed by atoms with Crippen molar-refractivity contribution in [2.45, 2.75) is 38.1 Å². The average molecular weight is 234 g/mol. The van der Waals surface area contributed by atoms with E-state index in [-0.39, 0.29) is 6.04 Å². The Morgan fingerprint density at radius 3 is 2.69 bits per heavy atom. The molecule has 1 aromatic rings. The van der Waals surface area contributed by atoms with Gasteiger partial charge >= 0.3 is 0 Å². The third kappa shape index (κ3) is 2.45. The van der Waals surface area contributed by atoms with E-state index in [1.54, 1.807) is 11.3 Å². The smallest absolute Gasteiger partial charge is 0.105 e. The van der Waals surface area contributed by atoms with Gasteiger partial charge in [0.05, 0.1) is 6.07 Å². The fourth-order valence-corrected chi connectivity index (χ4v) is 3.23. The van der Waals surface area contributed by atoms with Gasteiger partial charge in [-0.1, -0.05) is 19.4 Å². The molecule has 2 rings (SSSR count). The number of rotatable bonds is 3. The van der Waals surface area contributed by atoms with Crippen LogP contribution in [0.25, 0.3) is 0 Å². The summed E-state index contributed by atoms with van der Waals surface area (Å²) in [6, 6.07) is 6.76. The van der Waals surface area contributed by atoms with Crippen LogP contribution in [0.3, 0.4) is 0 Å². The maximum absolute atomic E-state index is 9.36. The standard InChI is InChI=1S/C13H18N2S/c1-11(13-6-5-9-16-13)12(10-14)15-7-3-2-4-8-15/h5-6,9,11-12H,2-4,7-8H2,1H3. The molecule has 2 atom stereocenters. The maximum atomic E-state index is 9.36. The van der Waals surface area contributed by atoms with Crippen LogP contribution in [-0.2, 0) is 0 Å². The van der Waals surface area contributed by atoms with Crippen LogP contribution in [0.15, 0.2) is 17.5 Å². The monoisotopic (exact) mass is 234 g/mol. The highest BCUT2D eigenvalue weighted by Crippen LogP contribution is 2.28. The van der Waals surface area contributed by atoms with E-state index >= 15 is 0 Å². The van der Waals surface area contributed by atoms with Crippen molar-refractivity contribution >= 4 is 11.3 Å². The lowest BCUT2D eigenvalue weighted by atomic mass is 9.97. The summed E-state index contributed by atoms with van der Waals surface area (Å²) >= 11 is 1.76. The Balaban J connectivity index is 2.07. The van der Waals surface area contributed by atoms with Gasteiger partial charge in [0, 0.05) is 10.8 Å². The van der Waals surface area contributed by atoms with Gasteiger partial charge in [-0.05, 0) is 37.4 Å². The third-order valence-corrected chi connectivity index (χ3v) is 4.46. The van der Waals surface area contributed by atoms with Crippen molar-refractivity contribution in [1.82, 2.24) is 4.90 Å². The summed E-state index contributed by atoms with van der Waals surface area (Å²) in [5.74, 6) is 0.336. The molecule has 1 saturated heterocycles. The van der Waals surface area contributed by atoms with Gasteiger partial charge in [-0.2, -0.15) is 5.26 Å². The maximum Gasteiger partial charge on any atom is 0.105 e. The van der Waals surface area contributed by atoms with Gasteiger partial charge in [-0.25, -0.2) is 0 Å². The zero-order chi connectivity index (χ0) is 11.4. The summed E-state index contributed by atoms with van der Waals surface area (Å²) in [7, 11) is 0. The second-order valence-electron chi connectivity index (χ2n) is 4.47. The largest absolute Gasteiger partial charge is 0.288 e. The zero-order valence-electron chi connectivity index (χ0n) is 9.72. The minimum Gasteiger partial charge on any atom is -0.288 e. The van der Waals surface area contributed by atoms with Crippen molar-refractivity contribution in [3.8, 4) is 6.07 Å². The Hall–Kier alpha value is -0.850. The predicted molar refractivity (Wildman–Crippen MR) is 67.6 cm³/mol. The molecule has 0 amide bonds. The van der Waals surface area contributed by atoms with Crippen molar-refractivity contribution in [3.05, 3.63) is 22.4 Å². The molecule has 0 radical (unpaired) electrons. The first-order chi connectivity index (χ1) is 7.83. The molecule has 16 heavy (non-hydrogen) atoms. The van der Waals surface area contributed by atoms with Crippen molar-refractivity contribution in [2.75, 3.05) is 13.1 Å². The van der Waals surface area contributed by atoms with Crippen LogP contribution in [0.5, 0.6) is 0 Å². The van der Waals surface area contributed by atoms with Crippen molar-refractivity contribution in [2.24, 2.45) is 0 Å². The Labute approximate surface area is 102 Å². The van der Waals surface area contributed by atoms with Crippen LogP contribution >= 0.6 is 11.3 Å². The van der Waals surface area contributed by atoms with E-state index in [9.17, 15) is 5.26 Å². The minimum absolute atomic E-state index is 0.0546. The van der Waals surface area contributed by atoms with E-state index in [0.29, 0.717) is 5.92 Å². The highest BCUT2D eigenvalue weighted by molar-refractivity contribution is 7.10. The summed E-state index contributed by atoms with van der Waals surface area (Å²) in [5.41, 5.74) is 0. The molecule has 0 bridgehead atoms. The molecule has 1 aliphatic rings. The molecule has 1 aliphatic heterocycles. The Bertz CT molecular complexity index is 347. The lowest BCUT2D eigenvalue weighted by Gasteiger charge is -2.33. The first-order valence-electron chi connectivity index (χ1n) is 6.00. The highest BCUT2D eigenvalue weighted by atomic mass is 32.1. The van der Waals surface area contributed by atoms with Gasteiger partial charge in [0.25, 0.3) is 0 Å². The van der Waals surface area contributed by atoms with Crippen molar-refractivity contribution in [1.29, 1.82) is 5.26 Å². The predicted octanol–water partition coefficient (Wildman–Crippen LogP) is 3.23. The van der Waals surface area contributed by atoms with Crippen LogP contribution in [-0.4, -0.2) is 24.0 Å². The Morgan fingerprint density at radius 2 is 2.12 bits per heavy atom. The molecular formula is C13H18N2S. The number of hydrogen-bond donors (Lipinski definition) is 0. The SMILES string of the molecule is CC(c1cccs1)C(C#N)N1CCCCC1. The number of nitrogens with zero attached hydrogens (tertiary/aromatic N) is 2. The molecule has 2 unspecified atom stereocenters. The molecule has 2 nitrogen and oxygen atoms in total. The van der Waals surface area contributed by atoms with Crippen LogP contribution in [0.1, 0.15) is 37.0 Å². The molecule has 1 fully saturated rings. The molecule has 86 valence electrons. The molecule has 1 aromatic heterocycles. The summed E-state index contributed by atoms with van der Waals surface area (Å²) in [6.07, 6.45) is 3.81. The Kier molecular flexibility index (Phi) is 3.98. The first-order valence-corrected chi connectivity index (χ1v) is 6.88. The van der Waals surface area contributed by atoms with E-state index in [1.165, 1.54) is 24.1 Å². The number of piperidine rings is 1. The minimum atomic E-state index is 0.0546. The van der Waals surface area contributed by atoms with Crippen LogP contribution in [0, 0.1) is 11.3 Å². The fraction of sp³-hybridized carbons (Fsp3) is 0.615. The van der Waals surface area contributed by atoms with Crippen LogP contribution in [0.2, 0.25) is 0 Å². The number of likely N-dealkylation sites (tertiary alicyclic amines) is 1. The quantitative estimate of drug-likeness (QED) is 0.803. The van der Waals surface area contributed by atoms with E-state index < -0.39 is 0 Å². The van der Waals surface area contributed by atoms with Crippen LogP contribution < -0.4 is 0 Å². The van der Waals surface area contributed by atoms with Gasteiger partial charge in [0.15, 0.2) is 0 Å².